The summed E-state index contributed by atoms with van der Waals surface area (Å²) < 4.78 is 7.76. The maximum Gasteiger partial charge on any atom is 0.236 e. The van der Waals surface area contributed by atoms with E-state index in [2.05, 4.69) is 40.2 Å². The Balaban J connectivity index is 1.61. The number of nitrogens with one attached hydrogen (secondary N) is 1. The molecule has 0 atom stereocenters. The van der Waals surface area contributed by atoms with E-state index in [4.69, 9.17) is 20.4 Å². The molecule has 6 heteroatoms. The van der Waals surface area contributed by atoms with Gasteiger partial charge in [-0.05, 0) is 17.7 Å². The van der Waals surface area contributed by atoms with Gasteiger partial charge in [0.25, 0.3) is 0 Å². The highest BCUT2D eigenvalue weighted by atomic mass is 16.5. The van der Waals surface area contributed by atoms with Crippen molar-refractivity contribution < 1.29 is 4.74 Å². The van der Waals surface area contributed by atoms with Gasteiger partial charge in [0.2, 0.25) is 5.95 Å². The smallest absolute Gasteiger partial charge is 0.236 e. The van der Waals surface area contributed by atoms with Gasteiger partial charge in [0, 0.05) is 36.2 Å². The molecule has 0 unspecified atom stereocenters. The van der Waals surface area contributed by atoms with E-state index in [0.717, 1.165) is 40.1 Å². The van der Waals surface area contributed by atoms with Gasteiger partial charge in [-0.2, -0.15) is 4.98 Å². The molecule has 3 N–H and O–H groups in total. The van der Waals surface area contributed by atoms with Gasteiger partial charge in [0.1, 0.15) is 5.82 Å². The summed E-state index contributed by atoms with van der Waals surface area (Å²) in [5.41, 5.74) is 11.4. The molecule has 5 rings (SSSR count). The van der Waals surface area contributed by atoms with Crippen molar-refractivity contribution >= 4 is 16.7 Å². The SMILES string of the molecule is NCc1cc2ccccc2n1-c1nc2c(c(NCc3ccccc3)n1)COCC2. The first kappa shape index (κ1) is 17.8. The monoisotopic (exact) mass is 385 g/mol. The number of nitrogens with two attached hydrogens (primary N) is 1. The Kier molecular flexibility index (Phi) is 4.71. The van der Waals surface area contributed by atoms with Gasteiger partial charge in [0.05, 0.1) is 24.4 Å². The number of benzene rings is 2. The molecule has 0 aliphatic carbocycles. The normalized spacial score (nSPS) is 13.4. The summed E-state index contributed by atoms with van der Waals surface area (Å²) in [6, 6.07) is 20.6. The van der Waals surface area contributed by atoms with Gasteiger partial charge in [-0.25, -0.2) is 4.98 Å². The standard InChI is InChI=1S/C23H23N5O/c24-13-18-12-17-8-4-5-9-21(17)28(18)23-26-20-10-11-29-15-19(20)22(27-23)25-14-16-6-2-1-3-7-16/h1-9,12H,10-11,13-15,24H2,(H,25,26,27). The second kappa shape index (κ2) is 7.66. The van der Waals surface area contributed by atoms with Crippen LogP contribution in [0, 0.1) is 0 Å². The van der Waals surface area contributed by atoms with Crippen LogP contribution in [-0.2, 0) is 30.9 Å². The lowest BCUT2D eigenvalue weighted by molar-refractivity contribution is 0.109. The molecule has 1 aliphatic heterocycles. The van der Waals surface area contributed by atoms with Gasteiger partial charge >= 0.3 is 0 Å². The van der Waals surface area contributed by atoms with E-state index < -0.39 is 0 Å². The van der Waals surface area contributed by atoms with Crippen molar-refractivity contribution in [3.63, 3.8) is 0 Å². The van der Waals surface area contributed by atoms with Crippen LogP contribution in [0.3, 0.4) is 0 Å². The molecule has 4 aromatic rings. The van der Waals surface area contributed by atoms with Crippen molar-refractivity contribution in [2.45, 2.75) is 26.1 Å². The van der Waals surface area contributed by atoms with Crippen molar-refractivity contribution in [2.24, 2.45) is 5.73 Å². The second-order valence-electron chi connectivity index (χ2n) is 7.17. The minimum atomic E-state index is 0.422. The third-order valence-electron chi connectivity index (χ3n) is 5.31. The summed E-state index contributed by atoms with van der Waals surface area (Å²) >= 11 is 0. The number of hydrogen-bond donors (Lipinski definition) is 2. The summed E-state index contributed by atoms with van der Waals surface area (Å²) in [5.74, 6) is 1.48. The molecule has 0 spiro atoms. The Labute approximate surface area is 169 Å². The van der Waals surface area contributed by atoms with E-state index in [1.165, 1.54) is 5.56 Å². The first-order valence-corrected chi connectivity index (χ1v) is 9.88. The zero-order valence-corrected chi connectivity index (χ0v) is 16.1. The highest BCUT2D eigenvalue weighted by Gasteiger charge is 2.21. The summed E-state index contributed by atoms with van der Waals surface area (Å²) in [5, 5.41) is 4.64. The van der Waals surface area contributed by atoms with Gasteiger partial charge in [0.15, 0.2) is 0 Å². The Bertz CT molecular complexity index is 1150. The fourth-order valence-electron chi connectivity index (χ4n) is 3.85. The Hall–Kier alpha value is -3.22. The first-order valence-electron chi connectivity index (χ1n) is 9.88. The topological polar surface area (TPSA) is 78.0 Å². The molecule has 29 heavy (non-hydrogen) atoms. The molecule has 0 saturated carbocycles. The van der Waals surface area contributed by atoms with Crippen molar-refractivity contribution in [1.82, 2.24) is 14.5 Å². The predicted octanol–water partition coefficient (Wildman–Crippen LogP) is 3.56. The lowest BCUT2D eigenvalue weighted by atomic mass is 10.1. The lowest BCUT2D eigenvalue weighted by Crippen LogP contribution is -2.19. The molecule has 0 fully saturated rings. The molecule has 3 heterocycles. The summed E-state index contributed by atoms with van der Waals surface area (Å²) in [7, 11) is 0. The summed E-state index contributed by atoms with van der Waals surface area (Å²) in [6.07, 6.45) is 0.780. The zero-order chi connectivity index (χ0) is 19.6. The van der Waals surface area contributed by atoms with Crippen LogP contribution in [0.15, 0.2) is 60.7 Å². The second-order valence-corrected chi connectivity index (χ2v) is 7.17. The van der Waals surface area contributed by atoms with Crippen LogP contribution in [0.2, 0.25) is 0 Å². The number of aromatic nitrogens is 3. The molecule has 0 saturated heterocycles. The average Bonchev–Trinajstić information content (AvgIpc) is 3.16. The molecule has 2 aromatic carbocycles. The fraction of sp³-hybridized carbons (Fsp3) is 0.217. The van der Waals surface area contributed by atoms with Gasteiger partial charge in [-0.15, -0.1) is 0 Å². The molecular formula is C23H23N5O. The molecule has 0 amide bonds. The molecule has 146 valence electrons. The molecule has 6 nitrogen and oxygen atoms in total. The Morgan fingerprint density at radius 3 is 2.72 bits per heavy atom. The van der Waals surface area contributed by atoms with Crippen LogP contribution in [0.1, 0.15) is 22.5 Å². The van der Waals surface area contributed by atoms with Crippen LogP contribution in [-0.4, -0.2) is 21.1 Å². The van der Waals surface area contributed by atoms with E-state index >= 15 is 0 Å². The Morgan fingerprint density at radius 2 is 1.86 bits per heavy atom. The predicted molar refractivity (Wildman–Crippen MR) is 114 cm³/mol. The van der Waals surface area contributed by atoms with Crippen molar-refractivity contribution in [2.75, 3.05) is 11.9 Å². The van der Waals surface area contributed by atoms with Gasteiger partial charge in [-0.1, -0.05) is 48.5 Å². The molecule has 0 bridgehead atoms. The largest absolute Gasteiger partial charge is 0.376 e. The van der Waals surface area contributed by atoms with E-state index in [1.54, 1.807) is 0 Å². The van der Waals surface area contributed by atoms with E-state index in [-0.39, 0.29) is 0 Å². The molecule has 0 radical (unpaired) electrons. The molecule has 2 aromatic heterocycles. The van der Waals surface area contributed by atoms with Crippen LogP contribution < -0.4 is 11.1 Å². The number of anilines is 1. The number of rotatable bonds is 5. The van der Waals surface area contributed by atoms with E-state index in [0.29, 0.717) is 32.3 Å². The number of nitrogens with zero attached hydrogens (tertiary/aromatic N) is 3. The first-order chi connectivity index (χ1) is 14.3. The van der Waals surface area contributed by atoms with Crippen molar-refractivity contribution in [3.8, 4) is 5.95 Å². The van der Waals surface area contributed by atoms with Crippen LogP contribution in [0.4, 0.5) is 5.82 Å². The molecular weight excluding hydrogens is 362 g/mol. The number of hydrogen-bond acceptors (Lipinski definition) is 5. The van der Waals surface area contributed by atoms with Gasteiger partial charge in [-0.3, -0.25) is 4.57 Å². The number of para-hydroxylation sites is 1. The van der Waals surface area contributed by atoms with E-state index in [9.17, 15) is 0 Å². The maximum atomic E-state index is 6.05. The minimum absolute atomic E-state index is 0.422. The Morgan fingerprint density at radius 1 is 1.03 bits per heavy atom. The zero-order valence-electron chi connectivity index (χ0n) is 16.1. The maximum absolute atomic E-state index is 6.05. The number of fused-ring (bicyclic) bond motifs is 2. The van der Waals surface area contributed by atoms with Crippen molar-refractivity contribution in [3.05, 3.63) is 83.2 Å². The van der Waals surface area contributed by atoms with Crippen molar-refractivity contribution in [1.29, 1.82) is 0 Å². The highest BCUT2D eigenvalue weighted by molar-refractivity contribution is 5.82. The third kappa shape index (κ3) is 3.37. The summed E-state index contributed by atoms with van der Waals surface area (Å²) in [4.78, 5) is 9.81. The van der Waals surface area contributed by atoms with Gasteiger partial charge < -0.3 is 15.8 Å². The third-order valence-corrected chi connectivity index (χ3v) is 5.31. The van der Waals surface area contributed by atoms with E-state index in [1.807, 2.05) is 30.3 Å². The fourth-order valence-corrected chi connectivity index (χ4v) is 3.85. The quantitative estimate of drug-likeness (QED) is 0.549. The van der Waals surface area contributed by atoms with Crippen LogP contribution in [0.25, 0.3) is 16.9 Å². The lowest BCUT2D eigenvalue weighted by Gasteiger charge is -2.21. The van der Waals surface area contributed by atoms with Crippen LogP contribution >= 0.6 is 0 Å². The number of ether oxygens (including phenoxy) is 1. The van der Waals surface area contributed by atoms with Crippen LogP contribution in [0.5, 0.6) is 0 Å². The summed E-state index contributed by atoms with van der Waals surface area (Å²) in [6.45, 7) is 2.32. The molecule has 1 aliphatic rings. The minimum Gasteiger partial charge on any atom is -0.376 e. The highest BCUT2D eigenvalue weighted by Crippen LogP contribution is 2.27. The average molecular weight is 385 g/mol.